The summed E-state index contributed by atoms with van der Waals surface area (Å²) < 4.78 is 5.40. The van der Waals surface area contributed by atoms with Gasteiger partial charge in [0.1, 0.15) is 5.60 Å². The maximum absolute atomic E-state index is 12.0. The summed E-state index contributed by atoms with van der Waals surface area (Å²) in [7, 11) is 0. The van der Waals surface area contributed by atoms with Gasteiger partial charge in [-0.3, -0.25) is 0 Å². The summed E-state index contributed by atoms with van der Waals surface area (Å²) in [4.78, 5) is 18.5. The molecule has 2 N–H and O–H groups in total. The topological polar surface area (TPSA) is 64.8 Å². The first-order chi connectivity index (χ1) is 7.85. The standard InChI is InChI=1S/C12H24N2O3/c1-9(8-16-13)10-6-5-7-14(10)11(15)17-12(2,3)4/h9-10H,5-8,13H2,1-4H3. The smallest absolute Gasteiger partial charge is 0.410 e. The van der Waals surface area contributed by atoms with Crippen molar-refractivity contribution < 1.29 is 14.4 Å². The lowest BCUT2D eigenvalue weighted by atomic mass is 10.0. The Kier molecular flexibility index (Phi) is 4.77. The van der Waals surface area contributed by atoms with E-state index in [9.17, 15) is 4.79 Å². The maximum atomic E-state index is 12.0. The zero-order valence-corrected chi connectivity index (χ0v) is 11.2. The Bertz CT molecular complexity index is 263. The molecule has 1 fully saturated rings. The van der Waals surface area contributed by atoms with Crippen LogP contribution in [0.5, 0.6) is 0 Å². The van der Waals surface area contributed by atoms with E-state index in [4.69, 9.17) is 10.6 Å². The lowest BCUT2D eigenvalue weighted by Gasteiger charge is -2.31. The van der Waals surface area contributed by atoms with Crippen LogP contribution in [0.3, 0.4) is 0 Å². The van der Waals surface area contributed by atoms with Crippen molar-refractivity contribution in [3.63, 3.8) is 0 Å². The number of likely N-dealkylation sites (tertiary alicyclic amines) is 1. The van der Waals surface area contributed by atoms with Gasteiger partial charge in [-0.25, -0.2) is 10.7 Å². The van der Waals surface area contributed by atoms with Crippen LogP contribution in [0.1, 0.15) is 40.5 Å². The average molecular weight is 244 g/mol. The Labute approximate surface area is 103 Å². The molecule has 1 saturated heterocycles. The van der Waals surface area contributed by atoms with Gasteiger partial charge < -0.3 is 14.5 Å². The lowest BCUT2D eigenvalue weighted by molar-refractivity contribution is 0.0107. The van der Waals surface area contributed by atoms with Crippen molar-refractivity contribution in [2.24, 2.45) is 11.8 Å². The van der Waals surface area contributed by atoms with Crippen molar-refractivity contribution in [3.05, 3.63) is 0 Å². The number of carbonyl (C=O) groups is 1. The van der Waals surface area contributed by atoms with Crippen LogP contribution in [0.2, 0.25) is 0 Å². The molecule has 0 spiro atoms. The van der Waals surface area contributed by atoms with Gasteiger partial charge in [-0.1, -0.05) is 6.92 Å². The predicted molar refractivity (Wildman–Crippen MR) is 65.3 cm³/mol. The number of amides is 1. The number of rotatable bonds is 3. The second-order valence-electron chi connectivity index (χ2n) is 5.69. The molecule has 0 radical (unpaired) electrons. The van der Waals surface area contributed by atoms with Gasteiger partial charge in [0.25, 0.3) is 0 Å². The van der Waals surface area contributed by atoms with Gasteiger partial charge in [-0.15, -0.1) is 0 Å². The third kappa shape index (κ3) is 4.16. The van der Waals surface area contributed by atoms with Crippen molar-refractivity contribution >= 4 is 6.09 Å². The van der Waals surface area contributed by atoms with Gasteiger partial charge in [0.15, 0.2) is 0 Å². The number of nitrogens with zero attached hydrogens (tertiary/aromatic N) is 1. The number of hydrogen-bond donors (Lipinski definition) is 1. The van der Waals surface area contributed by atoms with Crippen LogP contribution in [0.25, 0.3) is 0 Å². The molecule has 0 aromatic heterocycles. The molecule has 0 saturated carbocycles. The van der Waals surface area contributed by atoms with Crippen LogP contribution in [0.15, 0.2) is 0 Å². The molecule has 0 aromatic rings. The molecule has 0 bridgehead atoms. The zero-order valence-electron chi connectivity index (χ0n) is 11.2. The van der Waals surface area contributed by atoms with Crippen LogP contribution in [0, 0.1) is 5.92 Å². The molecule has 0 aromatic carbocycles. The Morgan fingerprint density at radius 1 is 1.53 bits per heavy atom. The molecule has 2 atom stereocenters. The molecule has 0 aliphatic carbocycles. The third-order valence-corrected chi connectivity index (χ3v) is 2.94. The van der Waals surface area contributed by atoms with E-state index in [1.807, 2.05) is 27.7 Å². The minimum absolute atomic E-state index is 0.174. The zero-order chi connectivity index (χ0) is 13.1. The first-order valence-corrected chi connectivity index (χ1v) is 6.16. The van der Waals surface area contributed by atoms with Gasteiger partial charge >= 0.3 is 6.09 Å². The van der Waals surface area contributed by atoms with Crippen molar-refractivity contribution in [2.45, 2.75) is 52.2 Å². The second kappa shape index (κ2) is 5.69. The largest absolute Gasteiger partial charge is 0.444 e. The van der Waals surface area contributed by atoms with E-state index in [0.717, 1.165) is 19.4 Å². The second-order valence-corrected chi connectivity index (χ2v) is 5.69. The monoisotopic (exact) mass is 244 g/mol. The molecular weight excluding hydrogens is 220 g/mol. The van der Waals surface area contributed by atoms with Crippen molar-refractivity contribution in [1.29, 1.82) is 0 Å². The highest BCUT2D eigenvalue weighted by Crippen LogP contribution is 2.26. The first kappa shape index (κ1) is 14.3. The summed E-state index contributed by atoms with van der Waals surface area (Å²) >= 11 is 0. The Hall–Kier alpha value is -0.810. The molecule has 1 heterocycles. The number of ether oxygens (including phenoxy) is 1. The fourth-order valence-electron chi connectivity index (χ4n) is 2.19. The summed E-state index contributed by atoms with van der Waals surface area (Å²) in [6, 6.07) is 0.174. The quantitative estimate of drug-likeness (QED) is 0.770. The van der Waals surface area contributed by atoms with E-state index in [0.29, 0.717) is 6.61 Å². The molecule has 17 heavy (non-hydrogen) atoms. The summed E-state index contributed by atoms with van der Waals surface area (Å²) in [5, 5.41) is 0. The van der Waals surface area contributed by atoms with E-state index in [1.165, 1.54) is 0 Å². The highest BCUT2D eigenvalue weighted by molar-refractivity contribution is 5.69. The minimum atomic E-state index is -0.447. The first-order valence-electron chi connectivity index (χ1n) is 6.16. The highest BCUT2D eigenvalue weighted by atomic mass is 16.6. The minimum Gasteiger partial charge on any atom is -0.444 e. The van der Waals surface area contributed by atoms with E-state index in [-0.39, 0.29) is 18.1 Å². The van der Waals surface area contributed by atoms with Gasteiger partial charge in [0.05, 0.1) is 6.61 Å². The maximum Gasteiger partial charge on any atom is 0.410 e. The van der Waals surface area contributed by atoms with E-state index in [1.54, 1.807) is 4.90 Å². The molecule has 1 aliphatic heterocycles. The Morgan fingerprint density at radius 3 is 2.71 bits per heavy atom. The van der Waals surface area contributed by atoms with Crippen molar-refractivity contribution in [1.82, 2.24) is 4.90 Å². The summed E-state index contributed by atoms with van der Waals surface area (Å²) in [5.74, 6) is 5.32. The van der Waals surface area contributed by atoms with Crippen LogP contribution < -0.4 is 5.90 Å². The fourth-order valence-corrected chi connectivity index (χ4v) is 2.19. The lowest BCUT2D eigenvalue weighted by Crippen LogP contribution is -2.43. The van der Waals surface area contributed by atoms with E-state index < -0.39 is 5.60 Å². The molecule has 2 unspecified atom stereocenters. The predicted octanol–water partition coefficient (Wildman–Crippen LogP) is 1.91. The average Bonchev–Trinajstić information content (AvgIpc) is 2.63. The Morgan fingerprint density at radius 2 is 2.18 bits per heavy atom. The number of carbonyl (C=O) groups excluding carboxylic acids is 1. The molecular formula is C12H24N2O3. The Balaban J connectivity index is 2.59. The molecule has 1 aliphatic rings. The van der Waals surface area contributed by atoms with Gasteiger partial charge in [-0.05, 0) is 33.6 Å². The van der Waals surface area contributed by atoms with Crippen molar-refractivity contribution in [2.75, 3.05) is 13.2 Å². The van der Waals surface area contributed by atoms with Crippen LogP contribution in [-0.2, 0) is 9.57 Å². The normalized spacial score (nSPS) is 22.6. The molecule has 100 valence electrons. The SMILES string of the molecule is CC(CON)C1CCCN1C(=O)OC(C)(C)C. The van der Waals surface area contributed by atoms with E-state index in [2.05, 4.69) is 4.84 Å². The number of nitrogens with two attached hydrogens (primary N) is 1. The van der Waals surface area contributed by atoms with E-state index >= 15 is 0 Å². The summed E-state index contributed by atoms with van der Waals surface area (Å²) in [6.45, 7) is 8.89. The molecule has 1 rings (SSSR count). The van der Waals surface area contributed by atoms with Crippen LogP contribution in [-0.4, -0.2) is 35.8 Å². The van der Waals surface area contributed by atoms with Crippen LogP contribution in [0.4, 0.5) is 4.79 Å². The highest BCUT2D eigenvalue weighted by Gasteiger charge is 2.35. The van der Waals surface area contributed by atoms with Crippen molar-refractivity contribution in [3.8, 4) is 0 Å². The summed E-state index contributed by atoms with van der Waals surface area (Å²) in [6.07, 6.45) is 1.77. The molecule has 5 heteroatoms. The molecule has 1 amide bonds. The third-order valence-electron chi connectivity index (χ3n) is 2.94. The number of hydrogen-bond acceptors (Lipinski definition) is 4. The van der Waals surface area contributed by atoms with Gasteiger partial charge in [0.2, 0.25) is 0 Å². The van der Waals surface area contributed by atoms with Gasteiger partial charge in [0, 0.05) is 18.5 Å². The van der Waals surface area contributed by atoms with Gasteiger partial charge in [-0.2, -0.15) is 0 Å². The fraction of sp³-hybridized carbons (Fsp3) is 0.917. The van der Waals surface area contributed by atoms with Crippen LogP contribution >= 0.6 is 0 Å². The summed E-state index contributed by atoms with van der Waals surface area (Å²) in [5.41, 5.74) is -0.447. The molecule has 5 nitrogen and oxygen atoms in total.